The van der Waals surface area contributed by atoms with E-state index in [0.29, 0.717) is 12.1 Å². The van der Waals surface area contributed by atoms with Crippen molar-refractivity contribution in [1.82, 2.24) is 0 Å². The summed E-state index contributed by atoms with van der Waals surface area (Å²) in [6, 6.07) is 7.74. The molecular weight excluding hydrogens is 285 g/mol. The highest BCUT2D eigenvalue weighted by atomic mass is 19.1. The van der Waals surface area contributed by atoms with Crippen molar-refractivity contribution in [2.24, 2.45) is 0 Å². The molecule has 2 rings (SSSR count). The maximum absolute atomic E-state index is 13.9. The molecule has 2 aromatic rings. The van der Waals surface area contributed by atoms with Gasteiger partial charge in [0, 0.05) is 24.2 Å². The molecule has 0 radical (unpaired) electrons. The van der Waals surface area contributed by atoms with Crippen LogP contribution in [0.4, 0.5) is 10.1 Å². The van der Waals surface area contributed by atoms with Crippen molar-refractivity contribution in [3.05, 3.63) is 47.7 Å². The van der Waals surface area contributed by atoms with Crippen molar-refractivity contribution in [2.45, 2.75) is 33.2 Å². The Bertz CT molecular complexity index is 664. The number of hydrogen-bond acceptors (Lipinski definition) is 3. The zero-order valence-electron chi connectivity index (χ0n) is 13.2. The standard InChI is InChI=1S/C17H20FNO3/c1-5-13-7-9-16(22-13)17(20)19(11(2)3)12-6-8-15(21-4)14(18)10-12/h6-11H,5H2,1-4H3. The highest BCUT2D eigenvalue weighted by Crippen LogP contribution is 2.26. The van der Waals surface area contributed by atoms with Crippen molar-refractivity contribution >= 4 is 11.6 Å². The SMILES string of the molecule is CCc1ccc(C(=O)N(c2ccc(OC)c(F)c2)C(C)C)o1. The van der Waals surface area contributed by atoms with Crippen molar-refractivity contribution in [3.63, 3.8) is 0 Å². The Morgan fingerprint density at radius 1 is 1.32 bits per heavy atom. The molecule has 118 valence electrons. The molecule has 1 heterocycles. The number of amides is 1. The van der Waals surface area contributed by atoms with E-state index in [4.69, 9.17) is 9.15 Å². The van der Waals surface area contributed by atoms with Gasteiger partial charge in [-0.25, -0.2) is 4.39 Å². The second kappa shape index (κ2) is 6.64. The summed E-state index contributed by atoms with van der Waals surface area (Å²) in [4.78, 5) is 14.2. The van der Waals surface area contributed by atoms with Gasteiger partial charge in [0.15, 0.2) is 17.3 Å². The van der Waals surface area contributed by atoms with Crippen LogP contribution in [0.5, 0.6) is 5.75 Å². The minimum Gasteiger partial charge on any atom is -0.494 e. The Balaban J connectivity index is 2.37. The van der Waals surface area contributed by atoms with E-state index in [1.807, 2.05) is 20.8 Å². The van der Waals surface area contributed by atoms with Crippen molar-refractivity contribution in [1.29, 1.82) is 0 Å². The molecule has 4 nitrogen and oxygen atoms in total. The van der Waals surface area contributed by atoms with Gasteiger partial charge in [-0.1, -0.05) is 6.92 Å². The van der Waals surface area contributed by atoms with Crippen LogP contribution in [0.1, 0.15) is 37.1 Å². The van der Waals surface area contributed by atoms with Crippen LogP contribution in [0.3, 0.4) is 0 Å². The largest absolute Gasteiger partial charge is 0.494 e. The fourth-order valence-electron chi connectivity index (χ4n) is 2.26. The number of benzene rings is 1. The number of furan rings is 1. The third-order valence-corrected chi connectivity index (χ3v) is 3.37. The Labute approximate surface area is 129 Å². The van der Waals surface area contributed by atoms with Gasteiger partial charge in [0.2, 0.25) is 0 Å². The summed E-state index contributed by atoms with van der Waals surface area (Å²) in [5.41, 5.74) is 0.466. The van der Waals surface area contributed by atoms with Crippen LogP contribution in [0.2, 0.25) is 0 Å². The molecule has 0 aliphatic rings. The average molecular weight is 305 g/mol. The maximum atomic E-state index is 13.9. The summed E-state index contributed by atoms with van der Waals surface area (Å²) in [6.45, 7) is 5.68. The van der Waals surface area contributed by atoms with E-state index < -0.39 is 5.82 Å². The molecule has 0 saturated heterocycles. The fourth-order valence-corrected chi connectivity index (χ4v) is 2.26. The smallest absolute Gasteiger partial charge is 0.294 e. The molecule has 22 heavy (non-hydrogen) atoms. The molecule has 1 aromatic carbocycles. The van der Waals surface area contributed by atoms with Crippen LogP contribution in [-0.4, -0.2) is 19.1 Å². The fraction of sp³-hybridized carbons (Fsp3) is 0.353. The van der Waals surface area contributed by atoms with E-state index in [1.165, 1.54) is 24.1 Å². The second-order valence-electron chi connectivity index (χ2n) is 5.21. The molecule has 0 fully saturated rings. The number of aryl methyl sites for hydroxylation is 1. The predicted octanol–water partition coefficient (Wildman–Crippen LogP) is 4.04. The topological polar surface area (TPSA) is 42.7 Å². The van der Waals surface area contributed by atoms with Crippen LogP contribution >= 0.6 is 0 Å². The molecule has 1 amide bonds. The number of ether oxygens (including phenoxy) is 1. The van der Waals surface area contributed by atoms with Crippen molar-refractivity contribution in [3.8, 4) is 5.75 Å². The molecule has 5 heteroatoms. The number of rotatable bonds is 5. The molecule has 0 spiro atoms. The third kappa shape index (κ3) is 3.13. The van der Waals surface area contributed by atoms with Crippen LogP contribution < -0.4 is 9.64 Å². The van der Waals surface area contributed by atoms with Crippen molar-refractivity contribution in [2.75, 3.05) is 12.0 Å². The second-order valence-corrected chi connectivity index (χ2v) is 5.21. The Morgan fingerprint density at radius 3 is 2.55 bits per heavy atom. The minimum absolute atomic E-state index is 0.143. The van der Waals surface area contributed by atoms with E-state index in [1.54, 1.807) is 18.2 Å². The zero-order chi connectivity index (χ0) is 16.3. The highest BCUT2D eigenvalue weighted by molar-refractivity contribution is 6.04. The first kappa shape index (κ1) is 16.1. The van der Waals surface area contributed by atoms with E-state index in [9.17, 15) is 9.18 Å². The summed E-state index contributed by atoms with van der Waals surface area (Å²) in [7, 11) is 1.40. The third-order valence-electron chi connectivity index (χ3n) is 3.37. The van der Waals surface area contributed by atoms with Gasteiger partial charge in [-0.05, 0) is 38.1 Å². The Morgan fingerprint density at radius 2 is 2.05 bits per heavy atom. The van der Waals surface area contributed by atoms with Crippen molar-refractivity contribution < 1.29 is 18.3 Å². The van der Waals surface area contributed by atoms with Gasteiger partial charge >= 0.3 is 0 Å². The number of carbonyl (C=O) groups is 1. The van der Waals surface area contributed by atoms with E-state index >= 15 is 0 Å². The first-order valence-electron chi connectivity index (χ1n) is 7.23. The monoisotopic (exact) mass is 305 g/mol. The summed E-state index contributed by atoms with van der Waals surface area (Å²) < 4.78 is 24.3. The van der Waals surface area contributed by atoms with Gasteiger partial charge in [-0.3, -0.25) is 4.79 Å². The first-order chi connectivity index (χ1) is 10.5. The van der Waals surface area contributed by atoms with E-state index in [0.717, 1.165) is 5.76 Å². The average Bonchev–Trinajstić information content (AvgIpc) is 2.96. The van der Waals surface area contributed by atoms with Crippen LogP contribution in [0.15, 0.2) is 34.7 Å². The van der Waals surface area contributed by atoms with Gasteiger partial charge in [0.25, 0.3) is 5.91 Å². The molecule has 0 atom stereocenters. The van der Waals surface area contributed by atoms with Gasteiger partial charge in [0.05, 0.1) is 7.11 Å². The summed E-state index contributed by atoms with van der Waals surface area (Å²) >= 11 is 0. The summed E-state index contributed by atoms with van der Waals surface area (Å²) in [5.74, 6) is 0.340. The molecular formula is C17H20FNO3. The molecule has 0 aliphatic heterocycles. The van der Waals surface area contributed by atoms with E-state index in [2.05, 4.69) is 0 Å². The Hall–Kier alpha value is -2.30. The summed E-state index contributed by atoms with van der Waals surface area (Å²) in [6.07, 6.45) is 0.714. The molecule has 0 unspecified atom stereocenters. The van der Waals surface area contributed by atoms with Gasteiger partial charge in [-0.2, -0.15) is 0 Å². The number of anilines is 1. The minimum atomic E-state index is -0.507. The summed E-state index contributed by atoms with van der Waals surface area (Å²) in [5, 5.41) is 0. The van der Waals surface area contributed by atoms with Crippen LogP contribution in [-0.2, 0) is 6.42 Å². The Kier molecular flexibility index (Phi) is 4.85. The number of halogens is 1. The quantitative estimate of drug-likeness (QED) is 0.837. The first-order valence-corrected chi connectivity index (χ1v) is 7.23. The maximum Gasteiger partial charge on any atom is 0.294 e. The molecule has 0 N–H and O–H groups in total. The lowest BCUT2D eigenvalue weighted by Crippen LogP contribution is -2.36. The predicted molar refractivity (Wildman–Crippen MR) is 83.0 cm³/mol. The number of nitrogens with zero attached hydrogens (tertiary/aromatic N) is 1. The lowest BCUT2D eigenvalue weighted by atomic mass is 10.2. The van der Waals surface area contributed by atoms with Crippen LogP contribution in [0, 0.1) is 5.82 Å². The van der Waals surface area contributed by atoms with Crippen LogP contribution in [0.25, 0.3) is 0 Å². The molecule has 0 saturated carbocycles. The molecule has 0 bridgehead atoms. The van der Waals surface area contributed by atoms with Gasteiger partial charge < -0.3 is 14.1 Å². The highest BCUT2D eigenvalue weighted by Gasteiger charge is 2.24. The zero-order valence-corrected chi connectivity index (χ0v) is 13.2. The lowest BCUT2D eigenvalue weighted by molar-refractivity contribution is 0.0951. The number of methoxy groups -OCH3 is 1. The normalized spacial score (nSPS) is 10.8. The number of carbonyl (C=O) groups excluding carboxylic acids is 1. The van der Waals surface area contributed by atoms with E-state index in [-0.39, 0.29) is 23.5 Å². The number of hydrogen-bond donors (Lipinski definition) is 0. The van der Waals surface area contributed by atoms with Gasteiger partial charge in [-0.15, -0.1) is 0 Å². The molecule has 1 aromatic heterocycles. The molecule has 0 aliphatic carbocycles. The lowest BCUT2D eigenvalue weighted by Gasteiger charge is -2.26. The van der Waals surface area contributed by atoms with Gasteiger partial charge in [0.1, 0.15) is 5.76 Å².